The zero-order valence-corrected chi connectivity index (χ0v) is 11.4. The maximum atomic E-state index is 12.3. The minimum absolute atomic E-state index is 0.0859. The fourth-order valence-electron chi connectivity index (χ4n) is 1.59. The third-order valence-electron chi connectivity index (χ3n) is 2.48. The van der Waals surface area contributed by atoms with E-state index in [1.165, 1.54) is 17.2 Å². The number of H-pyrrole nitrogens is 1. The molecule has 18 heavy (non-hydrogen) atoms. The van der Waals surface area contributed by atoms with Gasteiger partial charge in [-0.3, -0.25) is 9.59 Å². The zero-order chi connectivity index (χ0) is 13.9. The SMILES string of the molecule is CC(C)(C)N(CCC(=O)O)C(=O)c1cc(Cl)c[nH]1. The fourth-order valence-corrected chi connectivity index (χ4v) is 1.75. The molecule has 0 radical (unpaired) electrons. The van der Waals surface area contributed by atoms with Gasteiger partial charge in [0, 0.05) is 18.3 Å². The van der Waals surface area contributed by atoms with E-state index in [1.54, 1.807) is 0 Å². The van der Waals surface area contributed by atoms with Gasteiger partial charge in [-0.05, 0) is 26.8 Å². The third-order valence-corrected chi connectivity index (χ3v) is 2.70. The number of aromatic amines is 1. The lowest BCUT2D eigenvalue weighted by Gasteiger charge is -2.35. The maximum absolute atomic E-state index is 12.3. The lowest BCUT2D eigenvalue weighted by atomic mass is 10.0. The van der Waals surface area contributed by atoms with Crippen LogP contribution in [-0.2, 0) is 4.79 Å². The van der Waals surface area contributed by atoms with Crippen LogP contribution in [0.15, 0.2) is 12.3 Å². The number of aromatic nitrogens is 1. The van der Waals surface area contributed by atoms with Gasteiger partial charge >= 0.3 is 5.97 Å². The van der Waals surface area contributed by atoms with Gasteiger partial charge in [0.15, 0.2) is 0 Å². The molecule has 0 saturated carbocycles. The van der Waals surface area contributed by atoms with E-state index in [2.05, 4.69) is 4.98 Å². The summed E-state index contributed by atoms with van der Waals surface area (Å²) in [5.74, 6) is -1.18. The Balaban J connectivity index is 2.89. The Bertz CT molecular complexity index is 448. The first-order valence-corrected chi connectivity index (χ1v) is 5.97. The summed E-state index contributed by atoms with van der Waals surface area (Å²) < 4.78 is 0. The van der Waals surface area contributed by atoms with Crippen molar-refractivity contribution in [2.75, 3.05) is 6.54 Å². The fraction of sp³-hybridized carbons (Fsp3) is 0.500. The molecule has 0 aliphatic carbocycles. The molecule has 100 valence electrons. The minimum Gasteiger partial charge on any atom is -0.481 e. The second kappa shape index (κ2) is 5.44. The van der Waals surface area contributed by atoms with E-state index < -0.39 is 11.5 Å². The Morgan fingerprint density at radius 2 is 2.06 bits per heavy atom. The summed E-state index contributed by atoms with van der Waals surface area (Å²) in [5, 5.41) is 9.17. The van der Waals surface area contributed by atoms with Gasteiger partial charge in [0.1, 0.15) is 5.69 Å². The van der Waals surface area contributed by atoms with E-state index in [9.17, 15) is 9.59 Å². The van der Waals surface area contributed by atoms with E-state index in [0.717, 1.165) is 0 Å². The molecule has 1 aromatic heterocycles. The van der Waals surface area contributed by atoms with Crippen LogP contribution in [0.4, 0.5) is 0 Å². The van der Waals surface area contributed by atoms with Crippen molar-refractivity contribution in [3.63, 3.8) is 0 Å². The van der Waals surface area contributed by atoms with Gasteiger partial charge in [0.25, 0.3) is 5.91 Å². The monoisotopic (exact) mass is 272 g/mol. The molecule has 5 nitrogen and oxygen atoms in total. The van der Waals surface area contributed by atoms with Gasteiger partial charge < -0.3 is 15.0 Å². The van der Waals surface area contributed by atoms with Crippen LogP contribution in [0.2, 0.25) is 5.02 Å². The number of carbonyl (C=O) groups is 2. The van der Waals surface area contributed by atoms with E-state index in [1.807, 2.05) is 20.8 Å². The number of nitrogens with one attached hydrogen (secondary N) is 1. The maximum Gasteiger partial charge on any atom is 0.305 e. The molecule has 0 atom stereocenters. The van der Waals surface area contributed by atoms with Crippen molar-refractivity contribution in [2.45, 2.75) is 32.7 Å². The first-order valence-electron chi connectivity index (χ1n) is 5.59. The third kappa shape index (κ3) is 3.77. The molecule has 0 aromatic carbocycles. The van der Waals surface area contributed by atoms with Gasteiger partial charge in [0.05, 0.1) is 11.4 Å². The molecule has 6 heteroatoms. The van der Waals surface area contributed by atoms with Crippen LogP contribution in [0.5, 0.6) is 0 Å². The molecule has 0 fully saturated rings. The quantitative estimate of drug-likeness (QED) is 0.884. The van der Waals surface area contributed by atoms with Crippen molar-refractivity contribution >= 4 is 23.5 Å². The van der Waals surface area contributed by atoms with Crippen molar-refractivity contribution in [1.29, 1.82) is 0 Å². The molecule has 1 rings (SSSR count). The Morgan fingerprint density at radius 3 is 2.44 bits per heavy atom. The van der Waals surface area contributed by atoms with Gasteiger partial charge in [-0.2, -0.15) is 0 Å². The number of carbonyl (C=O) groups excluding carboxylic acids is 1. The molecule has 0 aliphatic heterocycles. The lowest BCUT2D eigenvalue weighted by molar-refractivity contribution is -0.137. The van der Waals surface area contributed by atoms with Crippen LogP contribution >= 0.6 is 11.6 Å². The van der Waals surface area contributed by atoms with Crippen molar-refractivity contribution in [2.24, 2.45) is 0 Å². The molecule has 1 amide bonds. The standard InChI is InChI=1S/C12H17ClN2O3/c1-12(2,3)15(5-4-10(16)17)11(18)9-6-8(13)7-14-9/h6-7,14H,4-5H2,1-3H3,(H,16,17). The number of carboxylic acids is 1. The van der Waals surface area contributed by atoms with E-state index in [4.69, 9.17) is 16.7 Å². The van der Waals surface area contributed by atoms with Gasteiger partial charge in [0.2, 0.25) is 0 Å². The Kier molecular flexibility index (Phi) is 4.40. The van der Waals surface area contributed by atoms with Crippen molar-refractivity contribution < 1.29 is 14.7 Å². The predicted octanol–water partition coefficient (Wildman–Crippen LogP) is 2.38. The topological polar surface area (TPSA) is 73.4 Å². The number of rotatable bonds is 4. The number of hydrogen-bond acceptors (Lipinski definition) is 2. The summed E-state index contributed by atoms with van der Waals surface area (Å²) in [6.07, 6.45) is 1.43. The highest BCUT2D eigenvalue weighted by atomic mass is 35.5. The normalized spacial score (nSPS) is 11.3. The number of amides is 1. The van der Waals surface area contributed by atoms with Gasteiger partial charge in [-0.1, -0.05) is 11.6 Å². The summed E-state index contributed by atoms with van der Waals surface area (Å²) >= 11 is 5.75. The second-order valence-corrected chi connectivity index (χ2v) is 5.44. The number of hydrogen-bond donors (Lipinski definition) is 2. The Hall–Kier alpha value is -1.49. The van der Waals surface area contributed by atoms with Crippen LogP contribution in [0.25, 0.3) is 0 Å². The molecular weight excluding hydrogens is 256 g/mol. The summed E-state index contributed by atoms with van der Waals surface area (Å²) in [6.45, 7) is 5.74. The highest BCUT2D eigenvalue weighted by molar-refractivity contribution is 6.30. The van der Waals surface area contributed by atoms with Gasteiger partial charge in [-0.15, -0.1) is 0 Å². The van der Waals surface area contributed by atoms with Crippen LogP contribution in [0.1, 0.15) is 37.7 Å². The van der Waals surface area contributed by atoms with Gasteiger partial charge in [-0.25, -0.2) is 0 Å². The van der Waals surface area contributed by atoms with Crippen molar-refractivity contribution in [3.8, 4) is 0 Å². The summed E-state index contributed by atoms with van der Waals surface area (Å²) in [6, 6.07) is 1.53. The molecule has 0 spiro atoms. The Labute approximate surface area is 111 Å². The molecular formula is C12H17ClN2O3. The molecule has 0 saturated heterocycles. The van der Waals surface area contributed by atoms with Crippen LogP contribution in [-0.4, -0.2) is 39.0 Å². The number of nitrogens with zero attached hydrogens (tertiary/aromatic N) is 1. The average molecular weight is 273 g/mol. The largest absolute Gasteiger partial charge is 0.481 e. The Morgan fingerprint density at radius 1 is 1.44 bits per heavy atom. The first kappa shape index (κ1) is 14.6. The second-order valence-electron chi connectivity index (χ2n) is 5.00. The highest BCUT2D eigenvalue weighted by Crippen LogP contribution is 2.19. The summed E-state index contributed by atoms with van der Waals surface area (Å²) in [5.41, 5.74) is -0.0928. The van der Waals surface area contributed by atoms with Crippen molar-refractivity contribution in [1.82, 2.24) is 9.88 Å². The molecule has 2 N–H and O–H groups in total. The summed E-state index contributed by atoms with van der Waals surface area (Å²) in [4.78, 5) is 27.2. The molecule has 0 aliphatic rings. The van der Waals surface area contributed by atoms with Crippen LogP contribution in [0.3, 0.4) is 0 Å². The number of halogens is 1. The highest BCUT2D eigenvalue weighted by Gasteiger charge is 2.28. The van der Waals surface area contributed by atoms with Crippen LogP contribution in [0, 0.1) is 0 Å². The zero-order valence-electron chi connectivity index (χ0n) is 10.7. The molecule has 0 unspecified atom stereocenters. The van der Waals surface area contributed by atoms with Crippen LogP contribution < -0.4 is 0 Å². The molecule has 0 bridgehead atoms. The summed E-state index contributed by atoms with van der Waals surface area (Å²) in [7, 11) is 0. The smallest absolute Gasteiger partial charge is 0.305 e. The average Bonchev–Trinajstić information content (AvgIpc) is 2.62. The number of aliphatic carboxylic acids is 1. The van der Waals surface area contributed by atoms with E-state index >= 15 is 0 Å². The first-order chi connectivity index (χ1) is 8.21. The minimum atomic E-state index is -0.929. The number of carboxylic acid groups (broad SMARTS) is 1. The molecule has 1 heterocycles. The van der Waals surface area contributed by atoms with Crippen molar-refractivity contribution in [3.05, 3.63) is 23.0 Å². The van der Waals surface area contributed by atoms with E-state index in [-0.39, 0.29) is 18.9 Å². The lowest BCUT2D eigenvalue weighted by Crippen LogP contribution is -2.46. The predicted molar refractivity (Wildman–Crippen MR) is 68.8 cm³/mol. The van der Waals surface area contributed by atoms with E-state index in [0.29, 0.717) is 10.7 Å². The molecule has 1 aromatic rings.